The first-order chi connectivity index (χ1) is 15.2. The second-order valence-electron chi connectivity index (χ2n) is 6.59. The van der Waals surface area contributed by atoms with Crippen LogP contribution < -0.4 is 20.2 Å². The van der Waals surface area contributed by atoms with Crippen molar-refractivity contribution in [3.63, 3.8) is 0 Å². The van der Waals surface area contributed by atoms with E-state index in [4.69, 9.17) is 9.47 Å². The Morgan fingerprint density at radius 1 is 0.871 bits per heavy atom. The summed E-state index contributed by atoms with van der Waals surface area (Å²) < 4.78 is 10.6. The number of hydrazone groups is 1. The van der Waals surface area contributed by atoms with E-state index < -0.39 is 5.91 Å². The van der Waals surface area contributed by atoms with Gasteiger partial charge in [0.15, 0.2) is 11.5 Å². The van der Waals surface area contributed by atoms with Gasteiger partial charge in [-0.25, -0.2) is 5.43 Å². The summed E-state index contributed by atoms with van der Waals surface area (Å²) in [5.74, 6) is 0.520. The van der Waals surface area contributed by atoms with Crippen molar-refractivity contribution in [3.8, 4) is 11.5 Å². The molecule has 1 aliphatic heterocycles. The van der Waals surface area contributed by atoms with Crippen LogP contribution in [-0.4, -0.2) is 24.8 Å². The third-order valence-corrected chi connectivity index (χ3v) is 4.43. The Bertz CT molecular complexity index is 1160. The van der Waals surface area contributed by atoms with Gasteiger partial charge in [0.2, 0.25) is 12.7 Å². The van der Waals surface area contributed by atoms with Crippen LogP contribution in [0.1, 0.15) is 21.5 Å². The first-order valence-corrected chi connectivity index (χ1v) is 9.55. The predicted molar refractivity (Wildman–Crippen MR) is 118 cm³/mol. The number of carbonyl (C=O) groups is 2. The molecule has 0 spiro atoms. The van der Waals surface area contributed by atoms with Gasteiger partial charge in [-0.3, -0.25) is 9.59 Å². The van der Waals surface area contributed by atoms with E-state index >= 15 is 0 Å². The van der Waals surface area contributed by atoms with Crippen LogP contribution in [0.3, 0.4) is 0 Å². The molecule has 154 valence electrons. The fourth-order valence-corrected chi connectivity index (χ4v) is 2.92. The first-order valence-electron chi connectivity index (χ1n) is 9.55. The third-order valence-electron chi connectivity index (χ3n) is 4.43. The van der Waals surface area contributed by atoms with Crippen molar-refractivity contribution >= 4 is 29.8 Å². The third kappa shape index (κ3) is 5.16. The van der Waals surface area contributed by atoms with Crippen molar-refractivity contribution in [1.29, 1.82) is 0 Å². The summed E-state index contributed by atoms with van der Waals surface area (Å²) in [5.41, 5.74) is 4.82. The maximum Gasteiger partial charge on any atom is 0.273 e. The number of fused-ring (bicyclic) bond motifs is 1. The summed E-state index contributed by atoms with van der Waals surface area (Å²) in [4.78, 5) is 24.8. The molecule has 0 aromatic heterocycles. The van der Waals surface area contributed by atoms with Crippen LogP contribution in [0, 0.1) is 0 Å². The molecule has 0 saturated carbocycles. The molecule has 3 aromatic carbocycles. The van der Waals surface area contributed by atoms with Crippen molar-refractivity contribution in [2.75, 3.05) is 12.1 Å². The molecule has 0 unspecified atom stereocenters. The number of carbonyl (C=O) groups excluding carboxylic acids is 2. The number of hydrogen-bond donors (Lipinski definition) is 2. The molecule has 7 nitrogen and oxygen atoms in total. The topological polar surface area (TPSA) is 89.0 Å². The second kappa shape index (κ2) is 9.41. The lowest BCUT2D eigenvalue weighted by Crippen LogP contribution is -2.20. The number of anilines is 1. The van der Waals surface area contributed by atoms with Crippen LogP contribution in [0.25, 0.3) is 6.08 Å². The minimum atomic E-state index is -0.445. The molecule has 0 atom stereocenters. The van der Waals surface area contributed by atoms with E-state index in [1.54, 1.807) is 48.5 Å². The van der Waals surface area contributed by atoms with Gasteiger partial charge in [-0.15, -0.1) is 0 Å². The van der Waals surface area contributed by atoms with E-state index in [9.17, 15) is 9.59 Å². The highest BCUT2D eigenvalue weighted by Gasteiger charge is 2.13. The Morgan fingerprint density at radius 3 is 2.52 bits per heavy atom. The lowest BCUT2D eigenvalue weighted by atomic mass is 10.1. The van der Waals surface area contributed by atoms with Gasteiger partial charge >= 0.3 is 0 Å². The number of amides is 2. The molecule has 4 rings (SSSR count). The zero-order valence-corrected chi connectivity index (χ0v) is 16.4. The van der Waals surface area contributed by atoms with Crippen molar-refractivity contribution in [2.45, 2.75) is 0 Å². The Hall–Kier alpha value is -4.39. The Balaban J connectivity index is 1.39. The van der Waals surface area contributed by atoms with E-state index in [-0.39, 0.29) is 12.7 Å². The Labute approximate surface area is 179 Å². The van der Waals surface area contributed by atoms with Gasteiger partial charge in [-0.1, -0.05) is 42.5 Å². The zero-order valence-electron chi connectivity index (χ0n) is 16.4. The van der Waals surface area contributed by atoms with E-state index in [1.165, 1.54) is 12.3 Å². The summed E-state index contributed by atoms with van der Waals surface area (Å²) in [6.07, 6.45) is 4.62. The van der Waals surface area contributed by atoms with E-state index in [1.807, 2.05) is 30.3 Å². The second-order valence-corrected chi connectivity index (χ2v) is 6.59. The number of para-hydroxylation sites is 1. The Kier molecular flexibility index (Phi) is 6.04. The number of nitrogens with one attached hydrogen (secondary N) is 2. The molecule has 2 N–H and O–H groups in total. The van der Waals surface area contributed by atoms with Gasteiger partial charge in [0.1, 0.15) is 0 Å². The molecular weight excluding hydrogens is 394 g/mol. The monoisotopic (exact) mass is 413 g/mol. The van der Waals surface area contributed by atoms with E-state index in [0.29, 0.717) is 22.7 Å². The van der Waals surface area contributed by atoms with Gasteiger partial charge < -0.3 is 14.8 Å². The zero-order chi connectivity index (χ0) is 21.5. The van der Waals surface area contributed by atoms with E-state index in [2.05, 4.69) is 15.8 Å². The number of nitrogens with zero attached hydrogens (tertiary/aromatic N) is 1. The largest absolute Gasteiger partial charge is 0.454 e. The van der Waals surface area contributed by atoms with Gasteiger partial charge in [0.05, 0.1) is 17.5 Å². The van der Waals surface area contributed by atoms with Crippen LogP contribution in [-0.2, 0) is 4.79 Å². The van der Waals surface area contributed by atoms with Gasteiger partial charge in [0.25, 0.3) is 5.91 Å². The molecule has 0 saturated heterocycles. The molecule has 1 aliphatic rings. The van der Waals surface area contributed by atoms with Crippen LogP contribution in [0.5, 0.6) is 11.5 Å². The Morgan fingerprint density at radius 2 is 1.65 bits per heavy atom. The summed E-state index contributed by atoms with van der Waals surface area (Å²) >= 11 is 0. The number of ether oxygens (including phenoxy) is 2. The minimum Gasteiger partial charge on any atom is -0.454 e. The van der Waals surface area contributed by atoms with Gasteiger partial charge in [-0.2, -0.15) is 5.10 Å². The van der Waals surface area contributed by atoms with Crippen LogP contribution in [0.15, 0.2) is 84.0 Å². The fourth-order valence-electron chi connectivity index (χ4n) is 2.92. The average molecular weight is 413 g/mol. The van der Waals surface area contributed by atoms with Crippen LogP contribution in [0.4, 0.5) is 5.69 Å². The SMILES string of the molecule is O=C(/C=C/c1ccccc1)Nc1ccccc1C(=O)N/N=C\c1ccc2c(c1)OCO2. The lowest BCUT2D eigenvalue weighted by Gasteiger charge is -2.08. The molecule has 1 heterocycles. The van der Waals surface area contributed by atoms with Crippen molar-refractivity contribution < 1.29 is 19.1 Å². The molecule has 0 aliphatic carbocycles. The van der Waals surface area contributed by atoms with Crippen molar-refractivity contribution in [2.24, 2.45) is 5.10 Å². The lowest BCUT2D eigenvalue weighted by molar-refractivity contribution is -0.111. The van der Waals surface area contributed by atoms with E-state index in [0.717, 1.165) is 11.1 Å². The van der Waals surface area contributed by atoms with Crippen molar-refractivity contribution in [1.82, 2.24) is 5.43 Å². The first kappa shape index (κ1) is 19.9. The molecule has 0 bridgehead atoms. The maximum absolute atomic E-state index is 12.6. The normalized spacial score (nSPS) is 12.3. The predicted octanol–water partition coefficient (Wildman–Crippen LogP) is 3.83. The summed E-state index contributed by atoms with van der Waals surface area (Å²) in [5, 5.41) is 6.72. The maximum atomic E-state index is 12.6. The number of benzene rings is 3. The number of hydrogen-bond acceptors (Lipinski definition) is 5. The smallest absolute Gasteiger partial charge is 0.273 e. The molecule has 3 aromatic rings. The molecule has 0 radical (unpaired) electrons. The van der Waals surface area contributed by atoms with Crippen LogP contribution in [0.2, 0.25) is 0 Å². The molecule has 2 amide bonds. The fraction of sp³-hybridized carbons (Fsp3) is 0.0417. The van der Waals surface area contributed by atoms with Crippen LogP contribution >= 0.6 is 0 Å². The highest BCUT2D eigenvalue weighted by Crippen LogP contribution is 2.31. The minimum absolute atomic E-state index is 0.190. The number of rotatable bonds is 6. The van der Waals surface area contributed by atoms with Gasteiger partial charge in [-0.05, 0) is 47.5 Å². The highest BCUT2D eigenvalue weighted by atomic mass is 16.7. The quantitative estimate of drug-likeness (QED) is 0.365. The average Bonchev–Trinajstić information content (AvgIpc) is 3.27. The highest BCUT2D eigenvalue weighted by molar-refractivity contribution is 6.07. The molecule has 7 heteroatoms. The summed E-state index contributed by atoms with van der Waals surface area (Å²) in [6, 6.07) is 21.5. The molecular formula is C24H19N3O4. The standard InChI is InChI=1S/C24H19N3O4/c28-23(13-11-17-6-2-1-3-7-17)26-20-9-5-4-8-19(20)24(29)27-25-15-18-10-12-21-22(14-18)31-16-30-21/h1-15H,16H2,(H,26,28)(H,27,29)/b13-11+,25-15-. The molecule has 0 fully saturated rings. The summed E-state index contributed by atoms with van der Waals surface area (Å²) in [6.45, 7) is 0.190. The van der Waals surface area contributed by atoms with Gasteiger partial charge in [0, 0.05) is 6.08 Å². The summed E-state index contributed by atoms with van der Waals surface area (Å²) in [7, 11) is 0. The van der Waals surface area contributed by atoms with Crippen molar-refractivity contribution in [3.05, 3.63) is 95.6 Å². The molecule has 31 heavy (non-hydrogen) atoms.